The highest BCUT2D eigenvalue weighted by Crippen LogP contribution is 2.36. The van der Waals surface area contributed by atoms with E-state index in [-0.39, 0.29) is 35.0 Å². The lowest BCUT2D eigenvalue weighted by Gasteiger charge is -2.12. The number of nitrogens with zero attached hydrogens (tertiary/aromatic N) is 3. The molecule has 4 aromatic rings. The molecule has 200 valence electrons. The van der Waals surface area contributed by atoms with Crippen LogP contribution in [0.2, 0.25) is 0 Å². The highest BCUT2D eigenvalue weighted by atomic mass is 16.6. The number of benzene rings is 3. The molecule has 11 heteroatoms. The summed E-state index contributed by atoms with van der Waals surface area (Å²) in [7, 11) is 3.84. The van der Waals surface area contributed by atoms with E-state index in [1.165, 1.54) is 32.1 Å². The second kappa shape index (κ2) is 11.5. The van der Waals surface area contributed by atoms with Crippen LogP contribution in [0, 0.1) is 17.0 Å². The lowest BCUT2D eigenvalue weighted by Crippen LogP contribution is -2.15. The quantitative estimate of drug-likeness (QED) is 0.168. The number of ether oxygens (including phenoxy) is 4. The first-order chi connectivity index (χ1) is 18.8. The molecular weight excluding hydrogens is 506 g/mol. The molecule has 0 spiro atoms. The van der Waals surface area contributed by atoms with Gasteiger partial charge in [0.1, 0.15) is 17.9 Å². The molecule has 0 atom stereocenters. The van der Waals surface area contributed by atoms with Gasteiger partial charge in [0.25, 0.3) is 5.69 Å². The number of carbonyl (C=O) groups excluding carboxylic acids is 2. The highest BCUT2D eigenvalue weighted by Gasteiger charge is 2.31. The third kappa shape index (κ3) is 5.42. The van der Waals surface area contributed by atoms with Crippen molar-refractivity contribution in [2.75, 3.05) is 21.3 Å². The molecule has 39 heavy (non-hydrogen) atoms. The van der Waals surface area contributed by atoms with Gasteiger partial charge in [-0.3, -0.25) is 10.1 Å². The first-order valence-electron chi connectivity index (χ1n) is 11.7. The lowest BCUT2D eigenvalue weighted by molar-refractivity contribution is -0.385. The van der Waals surface area contributed by atoms with E-state index in [0.717, 1.165) is 5.56 Å². The Labute approximate surface area is 223 Å². The predicted molar refractivity (Wildman–Crippen MR) is 140 cm³/mol. The molecule has 0 aliphatic carbocycles. The van der Waals surface area contributed by atoms with Crippen LogP contribution in [0.4, 0.5) is 5.69 Å². The predicted octanol–water partition coefficient (Wildman–Crippen LogP) is 4.92. The molecule has 0 unspecified atom stereocenters. The van der Waals surface area contributed by atoms with Gasteiger partial charge in [0, 0.05) is 11.6 Å². The number of carbonyl (C=O) groups is 2. The number of aryl methyl sites for hydroxylation is 1. The largest absolute Gasteiger partial charge is 0.493 e. The Kier molecular flexibility index (Phi) is 7.90. The smallest absolute Gasteiger partial charge is 0.357 e. The van der Waals surface area contributed by atoms with Crippen molar-refractivity contribution in [3.63, 3.8) is 0 Å². The van der Waals surface area contributed by atoms with E-state index in [4.69, 9.17) is 18.9 Å². The van der Waals surface area contributed by atoms with Crippen molar-refractivity contribution in [2.45, 2.75) is 13.5 Å². The summed E-state index contributed by atoms with van der Waals surface area (Å²) in [6, 6.07) is 18.5. The molecule has 3 aromatic carbocycles. The maximum Gasteiger partial charge on any atom is 0.357 e. The summed E-state index contributed by atoms with van der Waals surface area (Å²) < 4.78 is 22.6. The Morgan fingerprint density at radius 3 is 2.28 bits per heavy atom. The number of aromatic nitrogens is 2. The summed E-state index contributed by atoms with van der Waals surface area (Å²) in [6.07, 6.45) is 0. The Morgan fingerprint density at radius 2 is 1.64 bits per heavy atom. The first kappa shape index (κ1) is 26.9. The minimum Gasteiger partial charge on any atom is -0.493 e. The topological polar surface area (TPSA) is 132 Å². The Hall–Kier alpha value is -5.19. The molecule has 11 nitrogen and oxygen atoms in total. The van der Waals surface area contributed by atoms with Crippen LogP contribution in [-0.2, 0) is 16.1 Å². The normalized spacial score (nSPS) is 10.6. The van der Waals surface area contributed by atoms with Gasteiger partial charge in [0.05, 0.1) is 37.5 Å². The Bertz CT molecular complexity index is 1550. The number of para-hydroxylation sites is 1. The number of hydrogen-bond donors (Lipinski definition) is 0. The molecule has 0 fully saturated rings. The minimum absolute atomic E-state index is 0.0462. The minimum atomic E-state index is -0.779. The number of hydrogen-bond acceptors (Lipinski definition) is 9. The summed E-state index contributed by atoms with van der Waals surface area (Å²) >= 11 is 0. The van der Waals surface area contributed by atoms with E-state index >= 15 is 0 Å². The standard InChI is InChI=1S/C28H25N3O8/c1-17-10-11-19(21(14-17)31(34)35)16-39-22-13-12-18(15-23(22)36-2)25-24(27(32)37-3)26(28(33)38-4)30(29-25)20-8-6-5-7-9-20/h5-15H,16H2,1-4H3. The third-order valence-electron chi connectivity index (χ3n) is 5.91. The molecule has 0 saturated carbocycles. The van der Waals surface area contributed by atoms with Gasteiger partial charge in [-0.05, 0) is 48.9 Å². The molecule has 0 N–H and O–H groups in total. The zero-order valence-corrected chi connectivity index (χ0v) is 21.7. The van der Waals surface area contributed by atoms with Crippen LogP contribution < -0.4 is 9.47 Å². The average molecular weight is 532 g/mol. The van der Waals surface area contributed by atoms with Gasteiger partial charge in [0.15, 0.2) is 17.2 Å². The summed E-state index contributed by atoms with van der Waals surface area (Å²) in [5.74, 6) is -0.957. The molecule has 0 radical (unpaired) electrons. The molecule has 0 aliphatic rings. The van der Waals surface area contributed by atoms with Crippen molar-refractivity contribution >= 4 is 17.6 Å². The Balaban J connectivity index is 1.78. The zero-order chi connectivity index (χ0) is 28.1. The van der Waals surface area contributed by atoms with Crippen molar-refractivity contribution in [1.82, 2.24) is 9.78 Å². The van der Waals surface area contributed by atoms with E-state index in [2.05, 4.69) is 5.10 Å². The zero-order valence-electron chi connectivity index (χ0n) is 21.7. The molecule has 0 bridgehead atoms. The van der Waals surface area contributed by atoms with Gasteiger partial charge in [-0.1, -0.05) is 24.3 Å². The van der Waals surface area contributed by atoms with Gasteiger partial charge in [-0.2, -0.15) is 5.10 Å². The van der Waals surface area contributed by atoms with Gasteiger partial charge in [-0.15, -0.1) is 0 Å². The van der Waals surface area contributed by atoms with Crippen molar-refractivity contribution in [3.05, 3.63) is 99.2 Å². The highest BCUT2D eigenvalue weighted by molar-refractivity contribution is 6.06. The van der Waals surface area contributed by atoms with Crippen molar-refractivity contribution < 1.29 is 33.5 Å². The Morgan fingerprint density at radius 1 is 0.923 bits per heavy atom. The van der Waals surface area contributed by atoms with Crippen LogP contribution in [0.5, 0.6) is 11.5 Å². The second-order valence-electron chi connectivity index (χ2n) is 8.35. The maximum atomic E-state index is 12.9. The van der Waals surface area contributed by atoms with E-state index in [1.54, 1.807) is 61.5 Å². The molecule has 0 saturated heterocycles. The number of methoxy groups -OCH3 is 3. The molecule has 0 aliphatic heterocycles. The fraction of sp³-hybridized carbons (Fsp3) is 0.179. The van der Waals surface area contributed by atoms with Crippen LogP contribution in [0.3, 0.4) is 0 Å². The van der Waals surface area contributed by atoms with Gasteiger partial charge >= 0.3 is 11.9 Å². The number of rotatable bonds is 9. The molecule has 4 rings (SSSR count). The van der Waals surface area contributed by atoms with Gasteiger partial charge < -0.3 is 18.9 Å². The van der Waals surface area contributed by atoms with Crippen molar-refractivity contribution in [1.29, 1.82) is 0 Å². The monoisotopic (exact) mass is 531 g/mol. The van der Waals surface area contributed by atoms with E-state index < -0.39 is 16.9 Å². The number of nitro groups is 1. The molecular formula is C28H25N3O8. The maximum absolute atomic E-state index is 12.9. The summed E-state index contributed by atoms with van der Waals surface area (Å²) in [5, 5.41) is 16.0. The fourth-order valence-corrected chi connectivity index (χ4v) is 4.01. The van der Waals surface area contributed by atoms with E-state index in [9.17, 15) is 19.7 Å². The SMILES string of the molecule is COC(=O)c1c(-c2ccc(OCc3ccc(C)cc3[N+](=O)[O-])c(OC)c2)nn(-c2ccccc2)c1C(=O)OC. The van der Waals surface area contributed by atoms with Gasteiger partial charge in [-0.25, -0.2) is 14.3 Å². The first-order valence-corrected chi connectivity index (χ1v) is 11.7. The number of nitro benzene ring substituents is 1. The summed E-state index contributed by atoms with van der Waals surface area (Å²) in [5.41, 5.74) is 2.04. The average Bonchev–Trinajstić information content (AvgIpc) is 3.36. The lowest BCUT2D eigenvalue weighted by atomic mass is 10.0. The van der Waals surface area contributed by atoms with Crippen molar-refractivity contribution in [2.24, 2.45) is 0 Å². The fourth-order valence-electron chi connectivity index (χ4n) is 4.01. The van der Waals surface area contributed by atoms with Crippen LogP contribution in [-0.4, -0.2) is 48.0 Å². The third-order valence-corrected chi connectivity index (χ3v) is 5.91. The summed E-state index contributed by atoms with van der Waals surface area (Å²) in [6.45, 7) is 1.70. The molecule has 0 amide bonds. The number of esters is 2. The van der Waals surface area contributed by atoms with Crippen LogP contribution in [0.15, 0.2) is 66.7 Å². The van der Waals surface area contributed by atoms with Crippen LogP contribution >= 0.6 is 0 Å². The second-order valence-corrected chi connectivity index (χ2v) is 8.35. The van der Waals surface area contributed by atoms with E-state index in [0.29, 0.717) is 22.6 Å². The molecule has 1 heterocycles. The molecule has 1 aromatic heterocycles. The summed E-state index contributed by atoms with van der Waals surface area (Å²) in [4.78, 5) is 36.7. The van der Waals surface area contributed by atoms with Crippen LogP contribution in [0.25, 0.3) is 16.9 Å². The van der Waals surface area contributed by atoms with Gasteiger partial charge in [0.2, 0.25) is 0 Å². The van der Waals surface area contributed by atoms with E-state index in [1.807, 2.05) is 6.07 Å². The van der Waals surface area contributed by atoms with Crippen LogP contribution in [0.1, 0.15) is 32.0 Å². The van der Waals surface area contributed by atoms with Crippen molar-refractivity contribution in [3.8, 4) is 28.4 Å².